The molecule has 8 nitrogen and oxygen atoms in total. The molecule has 3 amide bonds. The third-order valence-corrected chi connectivity index (χ3v) is 6.19. The Morgan fingerprint density at radius 3 is 2.42 bits per heavy atom. The number of nitrogens with two attached hydrogens (primary N) is 1. The van der Waals surface area contributed by atoms with E-state index < -0.39 is 18.0 Å². The Hall–Kier alpha value is -4.92. The number of benzene rings is 2. The zero-order valence-electron chi connectivity index (χ0n) is 20.3. The van der Waals surface area contributed by atoms with Crippen LogP contribution in [-0.2, 0) is 4.79 Å². The fourth-order valence-electron chi connectivity index (χ4n) is 4.30. The predicted octanol–water partition coefficient (Wildman–Crippen LogP) is 4.64. The van der Waals surface area contributed by atoms with Gasteiger partial charge in [-0.2, -0.15) is 0 Å². The third kappa shape index (κ3) is 6.07. The van der Waals surface area contributed by atoms with E-state index >= 15 is 0 Å². The largest absolute Gasteiger partial charge is 0.457 e. The van der Waals surface area contributed by atoms with Crippen LogP contribution >= 0.6 is 0 Å². The fourth-order valence-corrected chi connectivity index (χ4v) is 4.30. The summed E-state index contributed by atoms with van der Waals surface area (Å²) in [6.45, 7) is 0. The summed E-state index contributed by atoms with van der Waals surface area (Å²) < 4.78 is 18.8. The Labute approximate surface area is 219 Å². The van der Waals surface area contributed by atoms with Crippen molar-refractivity contribution in [2.45, 2.75) is 18.5 Å². The van der Waals surface area contributed by atoms with Crippen LogP contribution in [-0.4, -0.2) is 29.0 Å². The molecule has 0 radical (unpaired) electrons. The molecule has 3 aromatic rings. The molecular formula is C29H26FN5O3. The number of nitrogens with one attached hydrogen (secondary N) is 3. The topological polar surface area (TPSA) is 118 Å². The van der Waals surface area contributed by atoms with Crippen LogP contribution in [0.2, 0.25) is 0 Å². The second-order valence-electron chi connectivity index (χ2n) is 8.96. The van der Waals surface area contributed by atoms with Gasteiger partial charge in [0.25, 0.3) is 0 Å². The lowest BCUT2D eigenvalue weighted by Crippen LogP contribution is -2.47. The van der Waals surface area contributed by atoms with Crippen molar-refractivity contribution in [3.63, 3.8) is 0 Å². The normalized spacial score (nSPS) is 18.1. The molecule has 0 spiro atoms. The lowest BCUT2D eigenvalue weighted by atomic mass is 9.98. The van der Waals surface area contributed by atoms with Gasteiger partial charge < -0.3 is 21.1 Å². The van der Waals surface area contributed by atoms with Crippen LogP contribution < -0.4 is 26.4 Å². The van der Waals surface area contributed by atoms with Crippen LogP contribution in [0.15, 0.2) is 103 Å². The molecule has 1 aromatic heterocycles. The Morgan fingerprint density at radius 2 is 1.71 bits per heavy atom. The van der Waals surface area contributed by atoms with E-state index in [1.54, 1.807) is 36.4 Å². The van der Waals surface area contributed by atoms with Gasteiger partial charge in [-0.05, 0) is 60.7 Å². The minimum absolute atomic E-state index is 0.146. The Kier molecular flexibility index (Phi) is 7.17. The first-order chi connectivity index (χ1) is 18.4. The van der Waals surface area contributed by atoms with Crippen molar-refractivity contribution in [1.82, 2.24) is 15.6 Å². The first kappa shape index (κ1) is 24.8. The number of urea groups is 1. The van der Waals surface area contributed by atoms with Gasteiger partial charge in [-0.3, -0.25) is 10.1 Å². The van der Waals surface area contributed by atoms with E-state index in [2.05, 4.69) is 33.1 Å². The number of allylic oxidation sites excluding steroid dienone is 2. The van der Waals surface area contributed by atoms with Crippen LogP contribution in [0.3, 0.4) is 0 Å². The van der Waals surface area contributed by atoms with Gasteiger partial charge in [0.2, 0.25) is 5.91 Å². The average Bonchev–Trinajstić information content (AvgIpc) is 3.33. The summed E-state index contributed by atoms with van der Waals surface area (Å²) in [4.78, 5) is 29.2. The lowest BCUT2D eigenvalue weighted by Gasteiger charge is -2.19. The Balaban J connectivity index is 1.19. The van der Waals surface area contributed by atoms with E-state index in [0.29, 0.717) is 23.0 Å². The van der Waals surface area contributed by atoms with Crippen molar-refractivity contribution >= 4 is 17.8 Å². The first-order valence-electron chi connectivity index (χ1n) is 12.1. The van der Waals surface area contributed by atoms with Crippen molar-refractivity contribution in [1.29, 1.82) is 0 Å². The van der Waals surface area contributed by atoms with Gasteiger partial charge in [-0.25, -0.2) is 14.2 Å². The second kappa shape index (κ2) is 11.0. The Bertz CT molecular complexity index is 1420. The van der Waals surface area contributed by atoms with E-state index in [1.165, 1.54) is 12.1 Å². The molecule has 0 fully saturated rings. The molecule has 1 aliphatic carbocycles. The summed E-state index contributed by atoms with van der Waals surface area (Å²) in [6, 6.07) is 16.9. The molecule has 5 N–H and O–H groups in total. The number of pyridine rings is 1. The van der Waals surface area contributed by atoms with E-state index in [-0.39, 0.29) is 24.2 Å². The van der Waals surface area contributed by atoms with Gasteiger partial charge >= 0.3 is 6.03 Å². The van der Waals surface area contributed by atoms with Gasteiger partial charge in [0.15, 0.2) is 0 Å². The van der Waals surface area contributed by atoms with Gasteiger partial charge in [-0.1, -0.05) is 36.4 Å². The number of carbonyl (C=O) groups is 2. The molecule has 2 aromatic carbocycles. The van der Waals surface area contributed by atoms with Crippen molar-refractivity contribution in [2.75, 3.05) is 5.32 Å². The van der Waals surface area contributed by atoms with E-state index in [9.17, 15) is 14.0 Å². The van der Waals surface area contributed by atoms with Crippen LogP contribution in [0.5, 0.6) is 11.5 Å². The summed E-state index contributed by atoms with van der Waals surface area (Å²) in [5.41, 5.74) is 7.85. The molecule has 0 bridgehead atoms. The van der Waals surface area contributed by atoms with Crippen molar-refractivity contribution in [2.24, 2.45) is 11.7 Å². The number of hydrogen-bond donors (Lipinski definition) is 4. The number of carbonyl (C=O) groups excluding carboxylic acids is 2. The zero-order chi connectivity index (χ0) is 26.5. The molecule has 2 aliphatic rings. The highest BCUT2D eigenvalue weighted by atomic mass is 19.1. The number of aromatic nitrogens is 1. The molecule has 9 heteroatoms. The lowest BCUT2D eigenvalue weighted by molar-refractivity contribution is -0.119. The van der Waals surface area contributed by atoms with Crippen LogP contribution in [0, 0.1) is 11.7 Å². The number of nitrogens with zero attached hydrogens (tertiary/aromatic N) is 1. The second-order valence-corrected chi connectivity index (χ2v) is 8.96. The highest BCUT2D eigenvalue weighted by Gasteiger charge is 2.28. The maximum absolute atomic E-state index is 13.1. The van der Waals surface area contributed by atoms with E-state index in [0.717, 1.165) is 11.3 Å². The molecule has 0 saturated carbocycles. The zero-order valence-corrected chi connectivity index (χ0v) is 20.3. The number of hydrogen-bond acceptors (Lipinski definition) is 5. The molecule has 192 valence electrons. The minimum atomic E-state index is -0.890. The van der Waals surface area contributed by atoms with Gasteiger partial charge in [0, 0.05) is 23.6 Å². The molecule has 1 aliphatic heterocycles. The Morgan fingerprint density at radius 1 is 1.00 bits per heavy atom. The van der Waals surface area contributed by atoms with Gasteiger partial charge in [-0.15, -0.1) is 0 Å². The number of ether oxygens (including phenoxy) is 1. The van der Waals surface area contributed by atoms with Crippen LogP contribution in [0.1, 0.15) is 6.42 Å². The first-order valence-corrected chi connectivity index (χ1v) is 12.1. The number of rotatable bonds is 8. The molecule has 2 unspecified atom stereocenters. The molecule has 38 heavy (non-hydrogen) atoms. The summed E-state index contributed by atoms with van der Waals surface area (Å²) in [5, 5.41) is 8.67. The number of halogens is 1. The molecule has 5 rings (SSSR count). The van der Waals surface area contributed by atoms with Gasteiger partial charge in [0.1, 0.15) is 29.2 Å². The number of amides is 3. The maximum Gasteiger partial charge on any atom is 0.321 e. The standard InChI is InChI=1S/C29H26FN5O3/c30-20-10-14-23(15-11-20)38-22-12-8-18(9-13-22)24-6-3-7-27(33-24)35-29(37)34-26(28(31)36)17-21-16-19-4-1-2-5-25(19)32-21/h1-16,19,25-26,32H,17H2,(H2,31,36)(H2,33,34,35,37)/t19?,25?,26-/m1/s1. The third-order valence-electron chi connectivity index (χ3n) is 6.19. The van der Waals surface area contributed by atoms with Crippen molar-refractivity contribution < 1.29 is 18.7 Å². The molecule has 0 saturated heterocycles. The van der Waals surface area contributed by atoms with Crippen molar-refractivity contribution in [3.05, 3.63) is 109 Å². The predicted molar refractivity (Wildman–Crippen MR) is 143 cm³/mol. The quantitative estimate of drug-likeness (QED) is 0.351. The minimum Gasteiger partial charge on any atom is -0.457 e. The highest BCUT2D eigenvalue weighted by Crippen LogP contribution is 2.26. The molecule has 2 heterocycles. The van der Waals surface area contributed by atoms with Crippen molar-refractivity contribution in [3.8, 4) is 22.8 Å². The maximum atomic E-state index is 13.1. The van der Waals surface area contributed by atoms with Crippen LogP contribution in [0.25, 0.3) is 11.3 Å². The van der Waals surface area contributed by atoms with Crippen LogP contribution in [0.4, 0.5) is 15.0 Å². The van der Waals surface area contributed by atoms with E-state index in [4.69, 9.17) is 10.5 Å². The van der Waals surface area contributed by atoms with Gasteiger partial charge in [0.05, 0.1) is 11.7 Å². The highest BCUT2D eigenvalue weighted by molar-refractivity contribution is 5.93. The molecule has 3 atom stereocenters. The van der Waals surface area contributed by atoms with E-state index in [1.807, 2.05) is 36.4 Å². The average molecular weight is 512 g/mol. The number of primary amides is 1. The summed E-state index contributed by atoms with van der Waals surface area (Å²) in [7, 11) is 0. The fraction of sp³-hybridized carbons (Fsp3) is 0.138. The smallest absolute Gasteiger partial charge is 0.321 e. The summed E-state index contributed by atoms with van der Waals surface area (Å²) in [5.74, 6) is 0.679. The SMILES string of the molecule is NC(=O)[C@@H](CC1=CC2C=CC=CC2N1)NC(=O)Nc1cccc(-c2ccc(Oc3ccc(F)cc3)cc2)n1. The molecular weight excluding hydrogens is 485 g/mol. The number of anilines is 1. The number of fused-ring (bicyclic) bond motifs is 1. The summed E-state index contributed by atoms with van der Waals surface area (Å²) >= 11 is 0. The monoisotopic (exact) mass is 511 g/mol. The summed E-state index contributed by atoms with van der Waals surface area (Å²) in [6.07, 6.45) is 10.4.